The fraction of sp³-hybridized carbons (Fsp3) is 0.120. The number of thioether (sulfide) groups is 1. The first kappa shape index (κ1) is 20.2. The van der Waals surface area contributed by atoms with Crippen LogP contribution in [0.15, 0.2) is 76.3 Å². The molecule has 3 aromatic rings. The minimum absolute atomic E-state index is 0.0414. The minimum Gasteiger partial charge on any atom is -0.318 e. The predicted octanol–water partition coefficient (Wildman–Crippen LogP) is 5.07. The number of amidine groups is 2. The van der Waals surface area contributed by atoms with Crippen molar-refractivity contribution in [2.75, 3.05) is 0 Å². The Hall–Kier alpha value is -3.71. The van der Waals surface area contributed by atoms with Gasteiger partial charge in [-0.3, -0.25) is 10.2 Å². The van der Waals surface area contributed by atoms with Crippen molar-refractivity contribution in [2.45, 2.75) is 20.8 Å². The monoisotopic (exact) mass is 439 g/mol. The molecule has 7 heteroatoms. The summed E-state index contributed by atoms with van der Waals surface area (Å²) in [4.78, 5) is 17.1. The maximum atomic E-state index is 12.8. The van der Waals surface area contributed by atoms with Gasteiger partial charge in [0.05, 0.1) is 5.57 Å². The highest BCUT2D eigenvalue weighted by molar-refractivity contribution is 8.27. The Balaban J connectivity index is 1.52. The number of fused-ring (bicyclic) bond motifs is 1. The van der Waals surface area contributed by atoms with Gasteiger partial charge in [0.1, 0.15) is 5.04 Å². The number of benzene rings is 2. The molecular weight excluding hydrogens is 418 g/mol. The standard InChI is InChI=1S/C25H21N5OS/c1-15-8-7-9-18(12-15)24-28-30-22(26)21(23(31)27-25(30)32-24)14-19-13-16(2)29(17(19)3)20-10-5-4-6-11-20/h4-14,26H,1-3H3/b21-14+,26-22?. The Bertz CT molecular complexity index is 1360. The molecule has 1 N–H and O–H groups in total. The SMILES string of the molecule is Cc1cccc(C2=NN3C(=N)/C(=C\c4cc(C)n(-c5ccccc5)c4C)C(=O)N=C3S2)c1. The summed E-state index contributed by atoms with van der Waals surface area (Å²) < 4.78 is 2.14. The van der Waals surface area contributed by atoms with Gasteiger partial charge >= 0.3 is 0 Å². The second kappa shape index (κ2) is 7.76. The van der Waals surface area contributed by atoms with Crippen molar-refractivity contribution in [3.8, 4) is 5.69 Å². The molecule has 1 aromatic heterocycles. The molecule has 1 amide bonds. The van der Waals surface area contributed by atoms with Gasteiger partial charge in [-0.05, 0) is 68.4 Å². The summed E-state index contributed by atoms with van der Waals surface area (Å²) >= 11 is 1.31. The van der Waals surface area contributed by atoms with Crippen LogP contribution in [0.1, 0.15) is 28.1 Å². The van der Waals surface area contributed by atoms with Gasteiger partial charge in [-0.25, -0.2) is 0 Å². The summed E-state index contributed by atoms with van der Waals surface area (Å²) in [5.41, 5.74) is 6.29. The van der Waals surface area contributed by atoms with E-state index in [0.29, 0.717) is 5.17 Å². The third-order valence-electron chi connectivity index (χ3n) is 5.50. The van der Waals surface area contributed by atoms with E-state index in [9.17, 15) is 4.79 Å². The van der Waals surface area contributed by atoms with Crippen LogP contribution in [-0.4, -0.2) is 31.5 Å². The van der Waals surface area contributed by atoms with Crippen LogP contribution in [0.5, 0.6) is 0 Å². The number of nitrogens with zero attached hydrogens (tertiary/aromatic N) is 4. The van der Waals surface area contributed by atoms with Gasteiger partial charge in [0.15, 0.2) is 5.84 Å². The molecule has 3 heterocycles. The number of aryl methyl sites for hydroxylation is 2. The molecule has 0 radical (unpaired) electrons. The summed E-state index contributed by atoms with van der Waals surface area (Å²) in [6, 6.07) is 20.1. The molecule has 2 aliphatic rings. The molecule has 32 heavy (non-hydrogen) atoms. The summed E-state index contributed by atoms with van der Waals surface area (Å²) in [6.45, 7) is 6.06. The fourth-order valence-electron chi connectivity index (χ4n) is 3.95. The lowest BCUT2D eigenvalue weighted by Gasteiger charge is -2.20. The van der Waals surface area contributed by atoms with Crippen LogP contribution in [0.25, 0.3) is 11.8 Å². The summed E-state index contributed by atoms with van der Waals surface area (Å²) in [7, 11) is 0. The number of carbonyl (C=O) groups excluding carboxylic acids is 1. The highest BCUT2D eigenvalue weighted by atomic mass is 32.2. The van der Waals surface area contributed by atoms with E-state index in [0.717, 1.165) is 38.8 Å². The third-order valence-corrected chi connectivity index (χ3v) is 6.46. The largest absolute Gasteiger partial charge is 0.318 e. The molecule has 2 aromatic carbocycles. The van der Waals surface area contributed by atoms with Crippen molar-refractivity contribution >= 4 is 39.8 Å². The Morgan fingerprint density at radius 1 is 1.00 bits per heavy atom. The topological polar surface area (TPSA) is 73.8 Å². The maximum absolute atomic E-state index is 12.8. The zero-order valence-corrected chi connectivity index (χ0v) is 18.8. The predicted molar refractivity (Wildman–Crippen MR) is 131 cm³/mol. The van der Waals surface area contributed by atoms with Crippen LogP contribution in [0.4, 0.5) is 0 Å². The number of rotatable bonds is 3. The van der Waals surface area contributed by atoms with E-state index >= 15 is 0 Å². The van der Waals surface area contributed by atoms with Crippen LogP contribution in [-0.2, 0) is 4.79 Å². The third kappa shape index (κ3) is 3.40. The van der Waals surface area contributed by atoms with Crippen LogP contribution in [0.2, 0.25) is 0 Å². The first-order chi connectivity index (χ1) is 15.4. The number of aromatic nitrogens is 1. The molecule has 5 rings (SSSR count). The van der Waals surface area contributed by atoms with Crippen LogP contribution >= 0.6 is 11.8 Å². The van der Waals surface area contributed by atoms with Crippen molar-refractivity contribution in [1.29, 1.82) is 5.41 Å². The van der Waals surface area contributed by atoms with Crippen LogP contribution in [0, 0.1) is 26.2 Å². The van der Waals surface area contributed by atoms with E-state index in [2.05, 4.69) is 14.7 Å². The second-order valence-electron chi connectivity index (χ2n) is 7.79. The average Bonchev–Trinajstić information content (AvgIpc) is 3.32. The first-order valence-corrected chi connectivity index (χ1v) is 11.1. The minimum atomic E-state index is -0.418. The maximum Gasteiger partial charge on any atom is 0.283 e. The van der Waals surface area contributed by atoms with E-state index < -0.39 is 5.91 Å². The van der Waals surface area contributed by atoms with E-state index in [1.807, 2.05) is 81.4 Å². The Morgan fingerprint density at radius 3 is 2.53 bits per heavy atom. The number of carbonyl (C=O) groups is 1. The molecule has 6 nitrogen and oxygen atoms in total. The zero-order valence-electron chi connectivity index (χ0n) is 18.0. The number of nitrogens with one attached hydrogen (secondary N) is 1. The molecule has 158 valence electrons. The van der Waals surface area contributed by atoms with E-state index in [-0.39, 0.29) is 11.4 Å². The lowest BCUT2D eigenvalue weighted by atomic mass is 10.1. The molecule has 2 aliphatic heterocycles. The van der Waals surface area contributed by atoms with E-state index in [1.165, 1.54) is 16.8 Å². The first-order valence-electron chi connectivity index (χ1n) is 10.2. The van der Waals surface area contributed by atoms with Crippen molar-refractivity contribution < 1.29 is 4.79 Å². The molecule has 0 aliphatic carbocycles. The lowest BCUT2D eigenvalue weighted by molar-refractivity contribution is -0.114. The van der Waals surface area contributed by atoms with Gasteiger partial charge < -0.3 is 4.57 Å². The second-order valence-corrected chi connectivity index (χ2v) is 8.75. The normalized spacial score (nSPS) is 17.0. The molecule has 0 fully saturated rings. The number of hydrogen-bond acceptors (Lipinski definition) is 4. The Kier molecular flexibility index (Phi) is 4.90. The van der Waals surface area contributed by atoms with Crippen molar-refractivity contribution in [3.05, 3.63) is 94.3 Å². The Labute approximate surface area is 190 Å². The Morgan fingerprint density at radius 2 is 1.78 bits per heavy atom. The van der Waals surface area contributed by atoms with Gasteiger partial charge in [0.2, 0.25) is 5.17 Å². The van der Waals surface area contributed by atoms with Gasteiger partial charge in [0, 0.05) is 22.6 Å². The summed E-state index contributed by atoms with van der Waals surface area (Å²) in [6.07, 6.45) is 1.75. The lowest BCUT2D eigenvalue weighted by Crippen LogP contribution is -2.35. The highest BCUT2D eigenvalue weighted by Crippen LogP contribution is 2.32. The number of hydrogen-bond donors (Lipinski definition) is 1. The van der Waals surface area contributed by atoms with E-state index in [1.54, 1.807) is 6.08 Å². The molecule has 0 atom stereocenters. The van der Waals surface area contributed by atoms with Crippen molar-refractivity contribution in [3.63, 3.8) is 0 Å². The van der Waals surface area contributed by atoms with Crippen LogP contribution < -0.4 is 0 Å². The van der Waals surface area contributed by atoms with Gasteiger partial charge in [0.25, 0.3) is 5.91 Å². The summed E-state index contributed by atoms with van der Waals surface area (Å²) in [5, 5.41) is 15.9. The molecular formula is C25H21N5OS. The van der Waals surface area contributed by atoms with Gasteiger partial charge in [-0.2, -0.15) is 15.1 Å². The molecule has 0 spiro atoms. The molecule has 0 saturated carbocycles. The number of hydrazone groups is 1. The fourth-order valence-corrected chi connectivity index (χ4v) is 4.84. The molecule has 0 unspecified atom stereocenters. The van der Waals surface area contributed by atoms with Crippen molar-refractivity contribution in [2.24, 2.45) is 10.1 Å². The number of aliphatic imine (C=N–C) groups is 1. The van der Waals surface area contributed by atoms with Crippen LogP contribution in [0.3, 0.4) is 0 Å². The number of amides is 1. The smallest absolute Gasteiger partial charge is 0.283 e. The average molecular weight is 440 g/mol. The highest BCUT2D eigenvalue weighted by Gasteiger charge is 2.36. The van der Waals surface area contributed by atoms with E-state index in [4.69, 9.17) is 5.41 Å². The van der Waals surface area contributed by atoms with Gasteiger partial charge in [-0.15, -0.1) is 0 Å². The van der Waals surface area contributed by atoms with Gasteiger partial charge in [-0.1, -0.05) is 42.0 Å². The number of para-hydroxylation sites is 1. The molecule has 0 saturated heterocycles. The quantitative estimate of drug-likeness (QED) is 0.579. The summed E-state index contributed by atoms with van der Waals surface area (Å²) in [5.74, 6) is -0.376. The molecule has 0 bridgehead atoms. The van der Waals surface area contributed by atoms with Crippen molar-refractivity contribution in [1.82, 2.24) is 9.58 Å². The zero-order chi connectivity index (χ0) is 22.4.